The average molecular weight is 331 g/mol. The Labute approximate surface area is 129 Å². The number of carbonyl (C=O) groups excluding carboxylic acids is 1. The van der Waals surface area contributed by atoms with E-state index in [1.807, 2.05) is 0 Å². The molecular formula is C14H10Cl2F2N2O. The number of hydrogen-bond donors (Lipinski definition) is 2. The van der Waals surface area contributed by atoms with Crippen LogP contribution in [0, 0.1) is 11.6 Å². The molecule has 0 radical (unpaired) electrons. The first kappa shape index (κ1) is 15.5. The van der Waals surface area contributed by atoms with Gasteiger partial charge in [-0.25, -0.2) is 8.78 Å². The van der Waals surface area contributed by atoms with E-state index in [9.17, 15) is 13.6 Å². The summed E-state index contributed by atoms with van der Waals surface area (Å²) in [5.74, 6) is -1.86. The first-order valence-electron chi connectivity index (χ1n) is 5.85. The van der Waals surface area contributed by atoms with Crippen molar-refractivity contribution in [1.82, 2.24) is 0 Å². The molecular weight excluding hydrogens is 321 g/mol. The Balaban J connectivity index is 2.20. The van der Waals surface area contributed by atoms with Crippen molar-refractivity contribution >= 4 is 34.8 Å². The highest BCUT2D eigenvalue weighted by Gasteiger charge is 2.10. The van der Waals surface area contributed by atoms with Crippen LogP contribution in [0.25, 0.3) is 0 Å². The van der Waals surface area contributed by atoms with Crippen molar-refractivity contribution in [2.75, 3.05) is 5.32 Å². The molecule has 0 saturated heterocycles. The van der Waals surface area contributed by atoms with E-state index >= 15 is 0 Å². The van der Waals surface area contributed by atoms with E-state index in [2.05, 4.69) is 5.32 Å². The number of hydrogen-bond acceptors (Lipinski definition) is 2. The average Bonchev–Trinajstić information content (AvgIpc) is 2.43. The first-order valence-corrected chi connectivity index (χ1v) is 6.60. The molecule has 0 heterocycles. The quantitative estimate of drug-likeness (QED) is 0.833. The maximum absolute atomic E-state index is 13.7. The summed E-state index contributed by atoms with van der Waals surface area (Å²) in [6.07, 6.45) is 0. The second-order valence-electron chi connectivity index (χ2n) is 4.28. The monoisotopic (exact) mass is 330 g/mol. The van der Waals surface area contributed by atoms with Gasteiger partial charge in [0.1, 0.15) is 5.82 Å². The van der Waals surface area contributed by atoms with Crippen LogP contribution in [-0.4, -0.2) is 5.91 Å². The second kappa shape index (κ2) is 6.28. The van der Waals surface area contributed by atoms with Crippen LogP contribution < -0.4 is 11.1 Å². The van der Waals surface area contributed by atoms with Gasteiger partial charge in [0, 0.05) is 23.4 Å². The van der Waals surface area contributed by atoms with Gasteiger partial charge in [-0.15, -0.1) is 0 Å². The fraction of sp³-hybridized carbons (Fsp3) is 0.0714. The van der Waals surface area contributed by atoms with Gasteiger partial charge in [-0.3, -0.25) is 4.79 Å². The van der Waals surface area contributed by atoms with Crippen LogP contribution in [-0.2, 0) is 6.54 Å². The standard InChI is InChI=1S/C14H10Cl2F2N2O/c15-10-4-9(5-11(16)13(10)18)20-6-8-3-7(14(19)21)1-2-12(8)17/h1-5,20H,6H2,(H2,19,21). The minimum atomic E-state index is -0.717. The largest absolute Gasteiger partial charge is 0.381 e. The van der Waals surface area contributed by atoms with Crippen LogP contribution in [0.5, 0.6) is 0 Å². The molecule has 110 valence electrons. The van der Waals surface area contributed by atoms with Gasteiger partial charge in [0.05, 0.1) is 10.0 Å². The lowest BCUT2D eigenvalue weighted by molar-refractivity contribution is 0.1000. The predicted octanol–water partition coefficient (Wildman–Crippen LogP) is 3.98. The molecule has 2 aromatic carbocycles. The summed E-state index contributed by atoms with van der Waals surface area (Å²) >= 11 is 11.3. The minimum absolute atomic E-state index is 0.0608. The third-order valence-corrected chi connectivity index (χ3v) is 3.35. The van der Waals surface area contributed by atoms with E-state index in [0.29, 0.717) is 5.69 Å². The third kappa shape index (κ3) is 3.62. The summed E-state index contributed by atoms with van der Waals surface area (Å²) in [7, 11) is 0. The number of primary amides is 1. The maximum atomic E-state index is 13.7. The molecule has 21 heavy (non-hydrogen) atoms. The van der Waals surface area contributed by atoms with Crippen LogP contribution in [0.4, 0.5) is 14.5 Å². The Kier molecular flexibility index (Phi) is 4.65. The predicted molar refractivity (Wildman–Crippen MR) is 78.7 cm³/mol. The molecule has 0 aliphatic heterocycles. The topological polar surface area (TPSA) is 55.1 Å². The highest BCUT2D eigenvalue weighted by Crippen LogP contribution is 2.27. The van der Waals surface area contributed by atoms with Gasteiger partial charge in [0.15, 0.2) is 5.82 Å². The number of benzene rings is 2. The molecule has 2 rings (SSSR count). The van der Waals surface area contributed by atoms with E-state index in [1.165, 1.54) is 24.3 Å². The number of rotatable bonds is 4. The van der Waals surface area contributed by atoms with Crippen molar-refractivity contribution in [1.29, 1.82) is 0 Å². The van der Waals surface area contributed by atoms with Crippen LogP contribution in [0.2, 0.25) is 10.0 Å². The molecule has 0 spiro atoms. The number of amides is 1. The lowest BCUT2D eigenvalue weighted by atomic mass is 10.1. The smallest absolute Gasteiger partial charge is 0.248 e. The number of halogens is 4. The van der Waals surface area contributed by atoms with E-state index in [0.717, 1.165) is 6.07 Å². The number of nitrogens with one attached hydrogen (secondary N) is 1. The third-order valence-electron chi connectivity index (χ3n) is 2.80. The van der Waals surface area contributed by atoms with Crippen LogP contribution in [0.3, 0.4) is 0 Å². The number of anilines is 1. The lowest BCUT2D eigenvalue weighted by Gasteiger charge is -2.10. The van der Waals surface area contributed by atoms with Crippen LogP contribution >= 0.6 is 23.2 Å². The highest BCUT2D eigenvalue weighted by atomic mass is 35.5. The second-order valence-corrected chi connectivity index (χ2v) is 5.09. The molecule has 0 unspecified atom stereocenters. The fourth-order valence-electron chi connectivity index (χ4n) is 1.72. The van der Waals surface area contributed by atoms with Crippen molar-refractivity contribution < 1.29 is 13.6 Å². The molecule has 0 atom stereocenters. The van der Waals surface area contributed by atoms with Crippen LogP contribution in [0.1, 0.15) is 15.9 Å². The lowest BCUT2D eigenvalue weighted by Crippen LogP contribution is -2.12. The molecule has 3 N–H and O–H groups in total. The van der Waals surface area contributed by atoms with Gasteiger partial charge in [-0.2, -0.15) is 0 Å². The van der Waals surface area contributed by atoms with Crippen molar-refractivity contribution in [3.8, 4) is 0 Å². The minimum Gasteiger partial charge on any atom is -0.381 e. The van der Waals surface area contributed by atoms with Crippen molar-refractivity contribution in [3.05, 3.63) is 63.1 Å². The fourth-order valence-corrected chi connectivity index (χ4v) is 2.21. The molecule has 7 heteroatoms. The maximum Gasteiger partial charge on any atom is 0.248 e. The molecule has 0 fully saturated rings. The summed E-state index contributed by atoms with van der Waals surface area (Å²) in [4.78, 5) is 11.1. The van der Waals surface area contributed by atoms with Gasteiger partial charge in [-0.1, -0.05) is 23.2 Å². The van der Waals surface area contributed by atoms with E-state index in [-0.39, 0.29) is 27.7 Å². The van der Waals surface area contributed by atoms with Gasteiger partial charge in [0.2, 0.25) is 5.91 Å². The molecule has 0 bridgehead atoms. The van der Waals surface area contributed by atoms with Crippen molar-refractivity contribution in [2.45, 2.75) is 6.54 Å². The normalized spacial score (nSPS) is 10.5. The molecule has 3 nitrogen and oxygen atoms in total. The van der Waals surface area contributed by atoms with Crippen molar-refractivity contribution in [2.24, 2.45) is 5.73 Å². The molecule has 1 amide bonds. The summed E-state index contributed by atoms with van der Waals surface area (Å²) in [5, 5.41) is 2.56. The Morgan fingerprint density at radius 3 is 2.33 bits per heavy atom. The highest BCUT2D eigenvalue weighted by molar-refractivity contribution is 6.35. The molecule has 0 saturated carbocycles. The van der Waals surface area contributed by atoms with Gasteiger partial charge in [0.25, 0.3) is 0 Å². The molecule has 0 aliphatic rings. The summed E-state index contributed by atoms with van der Waals surface area (Å²) < 4.78 is 26.9. The SMILES string of the molecule is NC(=O)c1ccc(F)c(CNc2cc(Cl)c(F)c(Cl)c2)c1. The zero-order chi connectivity index (χ0) is 15.6. The van der Waals surface area contributed by atoms with Gasteiger partial charge in [-0.05, 0) is 30.3 Å². The summed E-state index contributed by atoms with van der Waals surface area (Å²) in [6, 6.07) is 6.46. The zero-order valence-corrected chi connectivity index (χ0v) is 12.1. The Hall–Kier alpha value is -1.85. The molecule has 2 aromatic rings. The molecule has 0 aromatic heterocycles. The Morgan fingerprint density at radius 1 is 1.14 bits per heavy atom. The number of nitrogens with two attached hydrogens (primary N) is 1. The zero-order valence-electron chi connectivity index (χ0n) is 10.6. The van der Waals surface area contributed by atoms with Crippen LogP contribution in [0.15, 0.2) is 30.3 Å². The summed E-state index contributed by atoms with van der Waals surface area (Å²) in [5.41, 5.74) is 6.00. The van der Waals surface area contributed by atoms with Gasteiger partial charge >= 0.3 is 0 Å². The number of carbonyl (C=O) groups is 1. The Morgan fingerprint density at radius 2 is 1.76 bits per heavy atom. The van der Waals surface area contributed by atoms with E-state index in [4.69, 9.17) is 28.9 Å². The Bertz CT molecular complexity index is 684. The van der Waals surface area contributed by atoms with E-state index in [1.54, 1.807) is 0 Å². The van der Waals surface area contributed by atoms with Crippen molar-refractivity contribution in [3.63, 3.8) is 0 Å². The first-order chi connectivity index (χ1) is 9.88. The summed E-state index contributed by atoms with van der Waals surface area (Å²) in [6.45, 7) is 0.0608. The molecule has 0 aliphatic carbocycles. The van der Waals surface area contributed by atoms with Gasteiger partial charge < -0.3 is 11.1 Å². The van der Waals surface area contributed by atoms with E-state index < -0.39 is 17.5 Å².